The first-order valence-corrected chi connectivity index (χ1v) is 15.7. The van der Waals surface area contributed by atoms with Crippen molar-refractivity contribution in [2.75, 3.05) is 0 Å². The molecule has 0 N–H and O–H groups in total. The van der Waals surface area contributed by atoms with Crippen LogP contribution in [0.15, 0.2) is 36.4 Å². The van der Waals surface area contributed by atoms with Crippen LogP contribution in [0, 0.1) is 29.4 Å². The first-order valence-electron chi connectivity index (χ1n) is 15.3. The van der Waals surface area contributed by atoms with Gasteiger partial charge in [0.25, 0.3) is 0 Å². The fraction of sp³-hybridized carbons (Fsp3) is 0.647. The van der Waals surface area contributed by atoms with Crippen molar-refractivity contribution in [1.82, 2.24) is 0 Å². The van der Waals surface area contributed by atoms with Crippen LogP contribution in [0.3, 0.4) is 0 Å². The molecule has 0 amide bonds. The van der Waals surface area contributed by atoms with Crippen LogP contribution in [-0.4, -0.2) is 0 Å². The Hall–Kier alpha value is -1.41. The summed E-state index contributed by atoms with van der Waals surface area (Å²) in [4.78, 5) is 0. The van der Waals surface area contributed by atoms with E-state index in [1.807, 2.05) is 12.1 Å². The zero-order valence-corrected chi connectivity index (χ0v) is 23.7. The molecule has 0 heterocycles. The van der Waals surface area contributed by atoms with Gasteiger partial charge in [-0.2, -0.15) is 0 Å². The molecule has 0 aliphatic heterocycles. The molecule has 0 aromatic heterocycles. The average Bonchev–Trinajstić information content (AvgIpc) is 2.93. The Kier molecular flexibility index (Phi) is 11.3. The topological polar surface area (TPSA) is 0 Å². The molecule has 2 aliphatic carbocycles. The molecule has 37 heavy (non-hydrogen) atoms. The van der Waals surface area contributed by atoms with E-state index < -0.39 is 16.7 Å². The monoisotopic (exact) mass is 528 g/mol. The van der Waals surface area contributed by atoms with Crippen LogP contribution in [0.4, 0.5) is 8.78 Å². The van der Waals surface area contributed by atoms with Crippen molar-refractivity contribution in [3.63, 3.8) is 0 Å². The molecule has 2 fully saturated rings. The maximum atomic E-state index is 13.8. The normalized spacial score (nSPS) is 24.3. The Morgan fingerprint density at radius 1 is 0.622 bits per heavy atom. The molecule has 3 heteroatoms. The number of hydrogen-bond acceptors (Lipinski definition) is 0. The zero-order valence-electron chi connectivity index (χ0n) is 22.9. The number of unbranched alkanes of at least 4 members (excludes halogenated alkanes) is 5. The minimum Gasteiger partial charge on any atom is -0.205 e. The maximum absolute atomic E-state index is 13.8. The SMILES string of the molecule is CCCCCCCC[C@H]1CC[C@H](CCC2CCC(c3ccc(-c4cc(F)c(Cl)c(F)c4)cc3)CC2)CC1. The van der Waals surface area contributed by atoms with Crippen molar-refractivity contribution in [2.45, 2.75) is 122 Å². The molecule has 0 spiro atoms. The van der Waals surface area contributed by atoms with E-state index in [9.17, 15) is 8.78 Å². The predicted molar refractivity (Wildman–Crippen MR) is 154 cm³/mol. The molecule has 0 bridgehead atoms. The average molecular weight is 529 g/mol. The van der Waals surface area contributed by atoms with Crippen LogP contribution in [-0.2, 0) is 0 Å². The van der Waals surface area contributed by atoms with Gasteiger partial charge in [0.15, 0.2) is 0 Å². The van der Waals surface area contributed by atoms with Gasteiger partial charge in [0.1, 0.15) is 16.7 Å². The summed E-state index contributed by atoms with van der Waals surface area (Å²) in [6.07, 6.45) is 24.0. The summed E-state index contributed by atoms with van der Waals surface area (Å²) in [6, 6.07) is 10.9. The van der Waals surface area contributed by atoms with E-state index in [0.29, 0.717) is 11.5 Å². The van der Waals surface area contributed by atoms with E-state index in [4.69, 9.17) is 11.6 Å². The van der Waals surface area contributed by atoms with Crippen LogP contribution >= 0.6 is 11.6 Å². The molecule has 2 aromatic rings. The summed E-state index contributed by atoms with van der Waals surface area (Å²) >= 11 is 5.63. The van der Waals surface area contributed by atoms with Crippen molar-refractivity contribution in [3.8, 4) is 11.1 Å². The van der Waals surface area contributed by atoms with E-state index in [2.05, 4.69) is 19.1 Å². The highest BCUT2D eigenvalue weighted by atomic mass is 35.5. The van der Waals surface area contributed by atoms with Crippen LogP contribution in [0.2, 0.25) is 5.02 Å². The van der Waals surface area contributed by atoms with Crippen molar-refractivity contribution in [3.05, 3.63) is 58.6 Å². The van der Waals surface area contributed by atoms with Gasteiger partial charge >= 0.3 is 0 Å². The first kappa shape index (κ1) is 28.6. The highest BCUT2D eigenvalue weighted by molar-refractivity contribution is 6.31. The lowest BCUT2D eigenvalue weighted by Crippen LogP contribution is -2.17. The van der Waals surface area contributed by atoms with Gasteiger partial charge in [-0.1, -0.05) is 126 Å². The van der Waals surface area contributed by atoms with Gasteiger partial charge in [0.2, 0.25) is 0 Å². The van der Waals surface area contributed by atoms with Crippen LogP contribution in [0.25, 0.3) is 11.1 Å². The van der Waals surface area contributed by atoms with E-state index in [1.165, 1.54) is 127 Å². The molecular weight excluding hydrogens is 482 g/mol. The molecule has 0 atom stereocenters. The van der Waals surface area contributed by atoms with Gasteiger partial charge in [0, 0.05) is 0 Å². The molecule has 2 aliphatic rings. The summed E-state index contributed by atoms with van der Waals surface area (Å²) in [6.45, 7) is 2.30. The lowest BCUT2D eigenvalue weighted by Gasteiger charge is -2.32. The fourth-order valence-corrected chi connectivity index (χ4v) is 7.06. The highest BCUT2D eigenvalue weighted by Crippen LogP contribution is 2.41. The third-order valence-electron chi connectivity index (χ3n) is 9.46. The Bertz CT molecular complexity index is 914. The van der Waals surface area contributed by atoms with Crippen molar-refractivity contribution in [2.24, 2.45) is 17.8 Å². The second kappa shape index (κ2) is 14.7. The summed E-state index contributed by atoms with van der Waals surface area (Å²) < 4.78 is 27.7. The Labute approximate surface area is 229 Å². The van der Waals surface area contributed by atoms with Crippen molar-refractivity contribution in [1.29, 1.82) is 0 Å². The number of hydrogen-bond donors (Lipinski definition) is 0. The molecule has 4 rings (SSSR count). The molecule has 0 unspecified atom stereocenters. The minimum atomic E-state index is -0.708. The molecular formula is C34H47ClF2. The van der Waals surface area contributed by atoms with Gasteiger partial charge < -0.3 is 0 Å². The molecule has 2 saturated carbocycles. The van der Waals surface area contributed by atoms with E-state index in [1.54, 1.807) is 0 Å². The molecule has 0 saturated heterocycles. The van der Waals surface area contributed by atoms with Gasteiger partial charge in [0.05, 0.1) is 0 Å². The Morgan fingerprint density at radius 2 is 1.11 bits per heavy atom. The molecule has 0 radical (unpaired) electrons. The van der Waals surface area contributed by atoms with Gasteiger partial charge in [-0.15, -0.1) is 0 Å². The Balaban J connectivity index is 1.13. The van der Waals surface area contributed by atoms with Crippen molar-refractivity contribution < 1.29 is 8.78 Å². The summed E-state index contributed by atoms with van der Waals surface area (Å²) in [5.41, 5.74) is 2.72. The highest BCUT2D eigenvalue weighted by Gasteiger charge is 2.25. The fourth-order valence-electron chi connectivity index (χ4n) is 6.95. The Morgan fingerprint density at radius 3 is 1.68 bits per heavy atom. The van der Waals surface area contributed by atoms with Gasteiger partial charge in [-0.05, 0) is 78.2 Å². The summed E-state index contributed by atoms with van der Waals surface area (Å²) in [7, 11) is 0. The number of rotatable bonds is 12. The standard InChI is InChI=1S/C34H47ClF2/c1-2-3-4-5-6-7-8-25-9-11-26(12-10-25)13-14-27-15-17-28(18-16-27)29-19-21-30(22-20-29)31-23-32(36)34(35)33(37)24-31/h19-28H,2-18H2,1H3/t25-,26-,27?,28?. The molecule has 0 nitrogen and oxygen atoms in total. The molecule has 204 valence electrons. The third kappa shape index (κ3) is 8.54. The number of benzene rings is 2. The second-order valence-corrected chi connectivity index (χ2v) is 12.5. The van der Waals surface area contributed by atoms with Crippen LogP contribution < -0.4 is 0 Å². The molecule has 2 aromatic carbocycles. The van der Waals surface area contributed by atoms with E-state index >= 15 is 0 Å². The second-order valence-electron chi connectivity index (χ2n) is 12.1. The van der Waals surface area contributed by atoms with Crippen molar-refractivity contribution >= 4 is 11.6 Å². The third-order valence-corrected chi connectivity index (χ3v) is 9.82. The quantitative estimate of drug-likeness (QED) is 0.190. The van der Waals surface area contributed by atoms with Gasteiger partial charge in [-0.25, -0.2) is 8.78 Å². The lowest BCUT2D eigenvalue weighted by molar-refractivity contribution is 0.222. The first-order chi connectivity index (χ1) is 18.0. The lowest BCUT2D eigenvalue weighted by atomic mass is 9.74. The minimum absolute atomic E-state index is 0.437. The van der Waals surface area contributed by atoms with Crippen LogP contribution in [0.1, 0.15) is 128 Å². The predicted octanol–water partition coefficient (Wildman–Crippen LogP) is 11.9. The zero-order chi connectivity index (χ0) is 26.0. The smallest absolute Gasteiger partial charge is 0.145 e. The largest absolute Gasteiger partial charge is 0.205 e. The maximum Gasteiger partial charge on any atom is 0.145 e. The van der Waals surface area contributed by atoms with E-state index in [-0.39, 0.29) is 0 Å². The summed E-state index contributed by atoms with van der Waals surface area (Å²) in [5.74, 6) is 2.09. The van der Waals surface area contributed by atoms with Crippen LogP contribution in [0.5, 0.6) is 0 Å². The van der Waals surface area contributed by atoms with E-state index in [0.717, 1.165) is 23.3 Å². The summed E-state index contributed by atoms with van der Waals surface area (Å²) in [5, 5.41) is -0.437. The number of halogens is 3. The van der Waals surface area contributed by atoms with Gasteiger partial charge in [-0.3, -0.25) is 0 Å².